The van der Waals surface area contributed by atoms with Gasteiger partial charge in [-0.25, -0.2) is 4.98 Å². The first kappa shape index (κ1) is 18.3. The molecule has 0 spiro atoms. The van der Waals surface area contributed by atoms with Crippen LogP contribution in [0.15, 0.2) is 30.6 Å². The molecule has 4 heterocycles. The van der Waals surface area contributed by atoms with Crippen molar-refractivity contribution in [3.63, 3.8) is 0 Å². The minimum absolute atomic E-state index is 0.334. The van der Waals surface area contributed by atoms with E-state index >= 15 is 0 Å². The zero-order valence-electron chi connectivity index (χ0n) is 16.6. The minimum atomic E-state index is -0.361. The van der Waals surface area contributed by atoms with Gasteiger partial charge in [0.25, 0.3) is 0 Å². The second-order valence-electron chi connectivity index (χ2n) is 8.14. The van der Waals surface area contributed by atoms with Crippen LogP contribution in [0.3, 0.4) is 0 Å². The van der Waals surface area contributed by atoms with Crippen LogP contribution < -0.4 is 11.1 Å². The van der Waals surface area contributed by atoms with Gasteiger partial charge in [-0.15, -0.1) is 0 Å². The molecule has 2 aromatic heterocycles. The van der Waals surface area contributed by atoms with Crippen LogP contribution in [-0.4, -0.2) is 29.0 Å². The maximum Gasteiger partial charge on any atom is 0.224 e. The van der Waals surface area contributed by atoms with Gasteiger partial charge >= 0.3 is 0 Å². The van der Waals surface area contributed by atoms with E-state index < -0.39 is 0 Å². The van der Waals surface area contributed by atoms with E-state index in [9.17, 15) is 4.79 Å². The summed E-state index contributed by atoms with van der Waals surface area (Å²) in [5.74, 6) is -0.695. The molecule has 1 fully saturated rings. The van der Waals surface area contributed by atoms with Crippen molar-refractivity contribution in [3.8, 4) is 11.1 Å². The van der Waals surface area contributed by atoms with Crippen molar-refractivity contribution in [1.82, 2.24) is 15.3 Å². The van der Waals surface area contributed by atoms with Gasteiger partial charge in [0.1, 0.15) is 5.65 Å². The van der Waals surface area contributed by atoms with Gasteiger partial charge in [0.15, 0.2) is 0 Å². The Morgan fingerprint density at radius 1 is 1.31 bits per heavy atom. The largest absolute Gasteiger partial charge is 0.376 e. The predicted octanol–water partition coefficient (Wildman–Crippen LogP) is 3.32. The zero-order valence-corrected chi connectivity index (χ0v) is 16.6. The fourth-order valence-corrected chi connectivity index (χ4v) is 4.63. The SMILES string of the molecule is CC(C(N)=O)c1c[nH]c2ncc(-c3cc4c(c(C5CCCN5)c3)COCC4)cc12. The molecule has 2 aliphatic rings. The molecule has 0 aliphatic carbocycles. The lowest BCUT2D eigenvalue weighted by atomic mass is 9.88. The highest BCUT2D eigenvalue weighted by Crippen LogP contribution is 2.36. The number of nitrogens with zero attached hydrogens (tertiary/aromatic N) is 1. The lowest BCUT2D eigenvalue weighted by molar-refractivity contribution is -0.119. The van der Waals surface area contributed by atoms with Gasteiger partial charge < -0.3 is 20.8 Å². The molecule has 0 saturated carbocycles. The number of nitrogens with two attached hydrogens (primary N) is 1. The molecule has 5 rings (SSSR count). The van der Waals surface area contributed by atoms with Crippen molar-refractivity contribution in [2.75, 3.05) is 13.2 Å². The molecular weight excluding hydrogens is 364 g/mol. The topological polar surface area (TPSA) is 93.0 Å². The van der Waals surface area contributed by atoms with Gasteiger partial charge in [0, 0.05) is 29.4 Å². The van der Waals surface area contributed by atoms with Crippen LogP contribution in [0.5, 0.6) is 0 Å². The van der Waals surface area contributed by atoms with E-state index in [0.29, 0.717) is 12.6 Å². The lowest BCUT2D eigenvalue weighted by Crippen LogP contribution is -2.19. The number of ether oxygens (including phenoxy) is 1. The monoisotopic (exact) mass is 390 g/mol. The molecule has 150 valence electrons. The van der Waals surface area contributed by atoms with Gasteiger partial charge in [-0.2, -0.15) is 0 Å². The van der Waals surface area contributed by atoms with Crippen molar-refractivity contribution in [2.45, 2.75) is 44.8 Å². The van der Waals surface area contributed by atoms with Crippen molar-refractivity contribution >= 4 is 16.9 Å². The van der Waals surface area contributed by atoms with E-state index in [4.69, 9.17) is 10.5 Å². The number of H-pyrrole nitrogens is 1. The molecule has 2 aliphatic heterocycles. The van der Waals surface area contributed by atoms with E-state index in [1.807, 2.05) is 19.3 Å². The average molecular weight is 390 g/mol. The molecule has 6 heteroatoms. The number of hydrogen-bond donors (Lipinski definition) is 3. The first-order valence-electron chi connectivity index (χ1n) is 10.4. The molecule has 2 unspecified atom stereocenters. The molecule has 1 saturated heterocycles. The van der Waals surface area contributed by atoms with E-state index in [1.54, 1.807) is 0 Å². The van der Waals surface area contributed by atoms with E-state index in [0.717, 1.165) is 48.2 Å². The summed E-state index contributed by atoms with van der Waals surface area (Å²) in [5.41, 5.74) is 13.5. The molecule has 3 aromatic rings. The molecule has 29 heavy (non-hydrogen) atoms. The third-order valence-electron chi connectivity index (χ3n) is 6.36. The first-order valence-corrected chi connectivity index (χ1v) is 10.4. The number of aromatic nitrogens is 2. The third kappa shape index (κ3) is 3.22. The molecular formula is C23H26N4O2. The Kier molecular flexibility index (Phi) is 4.60. The fourth-order valence-electron chi connectivity index (χ4n) is 4.63. The van der Waals surface area contributed by atoms with E-state index in [1.165, 1.54) is 28.7 Å². The third-order valence-corrected chi connectivity index (χ3v) is 6.36. The fraction of sp³-hybridized carbons (Fsp3) is 0.391. The van der Waals surface area contributed by atoms with Crippen molar-refractivity contribution in [3.05, 3.63) is 52.8 Å². The van der Waals surface area contributed by atoms with Crippen LogP contribution in [0.25, 0.3) is 22.2 Å². The molecule has 2 atom stereocenters. The smallest absolute Gasteiger partial charge is 0.224 e. The van der Waals surface area contributed by atoms with Gasteiger partial charge in [-0.05, 0) is 72.7 Å². The Hall–Kier alpha value is -2.70. The molecule has 6 nitrogen and oxygen atoms in total. The second-order valence-corrected chi connectivity index (χ2v) is 8.14. The number of nitrogens with one attached hydrogen (secondary N) is 2. The Bertz CT molecular complexity index is 1080. The van der Waals surface area contributed by atoms with Crippen LogP contribution >= 0.6 is 0 Å². The summed E-state index contributed by atoms with van der Waals surface area (Å²) >= 11 is 0. The molecule has 1 aromatic carbocycles. The van der Waals surface area contributed by atoms with Gasteiger partial charge in [-0.3, -0.25) is 4.79 Å². The van der Waals surface area contributed by atoms with Gasteiger partial charge in [0.2, 0.25) is 5.91 Å². The first-order chi connectivity index (χ1) is 14.1. The predicted molar refractivity (Wildman–Crippen MR) is 112 cm³/mol. The lowest BCUT2D eigenvalue weighted by Gasteiger charge is -2.24. The minimum Gasteiger partial charge on any atom is -0.376 e. The molecule has 0 bridgehead atoms. The Morgan fingerprint density at radius 2 is 2.21 bits per heavy atom. The average Bonchev–Trinajstić information content (AvgIpc) is 3.42. The number of carbonyl (C=O) groups is 1. The number of primary amides is 1. The van der Waals surface area contributed by atoms with Gasteiger partial charge in [0.05, 0.1) is 19.1 Å². The van der Waals surface area contributed by atoms with Crippen LogP contribution in [0, 0.1) is 0 Å². The summed E-state index contributed by atoms with van der Waals surface area (Å²) in [6, 6.07) is 7.09. The summed E-state index contributed by atoms with van der Waals surface area (Å²) in [7, 11) is 0. The van der Waals surface area contributed by atoms with Crippen LogP contribution in [-0.2, 0) is 22.6 Å². The number of fused-ring (bicyclic) bond motifs is 2. The van der Waals surface area contributed by atoms with Crippen LogP contribution in [0.4, 0.5) is 0 Å². The summed E-state index contributed by atoms with van der Waals surface area (Å²) in [6.07, 6.45) is 7.05. The summed E-state index contributed by atoms with van der Waals surface area (Å²) in [4.78, 5) is 19.5. The maximum atomic E-state index is 11.7. The van der Waals surface area contributed by atoms with E-state index in [2.05, 4.69) is 33.5 Å². The summed E-state index contributed by atoms with van der Waals surface area (Å²) in [6.45, 7) is 4.36. The number of rotatable bonds is 4. The Morgan fingerprint density at radius 3 is 3.00 bits per heavy atom. The number of hydrogen-bond acceptors (Lipinski definition) is 4. The van der Waals surface area contributed by atoms with Crippen molar-refractivity contribution < 1.29 is 9.53 Å². The number of amides is 1. The number of benzene rings is 1. The van der Waals surface area contributed by atoms with E-state index in [-0.39, 0.29) is 11.8 Å². The second kappa shape index (κ2) is 7.28. The highest BCUT2D eigenvalue weighted by atomic mass is 16.5. The summed E-state index contributed by atoms with van der Waals surface area (Å²) < 4.78 is 5.77. The van der Waals surface area contributed by atoms with Crippen LogP contribution in [0.2, 0.25) is 0 Å². The van der Waals surface area contributed by atoms with Crippen molar-refractivity contribution in [2.24, 2.45) is 5.73 Å². The van der Waals surface area contributed by atoms with Crippen LogP contribution in [0.1, 0.15) is 54.0 Å². The number of pyridine rings is 1. The molecule has 1 amide bonds. The molecule has 4 N–H and O–H groups in total. The van der Waals surface area contributed by atoms with Crippen molar-refractivity contribution in [1.29, 1.82) is 0 Å². The maximum absolute atomic E-state index is 11.7. The quantitative estimate of drug-likeness (QED) is 0.637. The Balaban J connectivity index is 1.63. The highest BCUT2D eigenvalue weighted by Gasteiger charge is 2.24. The number of aromatic amines is 1. The normalized spacial score (nSPS) is 20.0. The zero-order chi connectivity index (χ0) is 20.0. The number of carbonyl (C=O) groups excluding carboxylic acids is 1. The highest BCUT2D eigenvalue weighted by molar-refractivity contribution is 5.91. The summed E-state index contributed by atoms with van der Waals surface area (Å²) in [5, 5.41) is 4.59. The Labute approximate surface area is 169 Å². The van der Waals surface area contributed by atoms with Gasteiger partial charge in [-0.1, -0.05) is 6.07 Å². The standard InChI is InChI=1S/C23H26N4O2/c1-13(22(24)28)19-11-27-23-18(19)9-16(10-26-23)15-7-14-4-6-29-12-20(14)17(8-15)21-3-2-5-25-21/h7-11,13,21,25H,2-6,12H2,1H3,(H2,24,28)(H,26,27). The molecule has 0 radical (unpaired) electrons.